The monoisotopic (exact) mass is 254 g/mol. The summed E-state index contributed by atoms with van der Waals surface area (Å²) in [6.45, 7) is 0. The van der Waals surface area contributed by atoms with Crippen LogP contribution in [0.1, 0.15) is 11.1 Å². The summed E-state index contributed by atoms with van der Waals surface area (Å²) in [5.41, 5.74) is 2.88. The Hall–Kier alpha value is -2.13. The lowest BCUT2D eigenvalue weighted by atomic mass is 10.0. The molecule has 2 heterocycles. The predicted molar refractivity (Wildman–Crippen MR) is 72.8 cm³/mol. The number of ether oxygens (including phenoxy) is 1. The van der Waals surface area contributed by atoms with Gasteiger partial charge in [0, 0.05) is 11.6 Å². The normalized spacial score (nSPS) is 16.8. The van der Waals surface area contributed by atoms with E-state index in [0.717, 1.165) is 16.7 Å². The molecular weight excluding hydrogens is 244 g/mol. The van der Waals surface area contributed by atoms with Crippen molar-refractivity contribution in [3.63, 3.8) is 0 Å². The van der Waals surface area contributed by atoms with E-state index in [1.165, 1.54) is 6.08 Å². The van der Waals surface area contributed by atoms with Crippen LogP contribution in [0.15, 0.2) is 59.0 Å². The summed E-state index contributed by atoms with van der Waals surface area (Å²) >= 11 is 1.62. The first-order chi connectivity index (χ1) is 8.83. The van der Waals surface area contributed by atoms with E-state index in [1.54, 1.807) is 11.3 Å². The van der Waals surface area contributed by atoms with Crippen molar-refractivity contribution in [1.29, 1.82) is 0 Å². The first-order valence-corrected chi connectivity index (χ1v) is 6.50. The third kappa shape index (κ3) is 2.13. The van der Waals surface area contributed by atoms with Crippen LogP contribution in [0.3, 0.4) is 0 Å². The molecule has 1 aromatic heterocycles. The van der Waals surface area contributed by atoms with Crippen LogP contribution in [0.25, 0.3) is 11.6 Å². The quantitative estimate of drug-likeness (QED) is 0.763. The smallest absolute Gasteiger partial charge is 0.336 e. The topological polar surface area (TPSA) is 26.3 Å². The zero-order chi connectivity index (χ0) is 12.4. The Morgan fingerprint density at radius 2 is 1.94 bits per heavy atom. The molecule has 18 heavy (non-hydrogen) atoms. The second-order valence-corrected chi connectivity index (χ2v) is 4.69. The van der Waals surface area contributed by atoms with Gasteiger partial charge in [0.05, 0.1) is 0 Å². The summed E-state index contributed by atoms with van der Waals surface area (Å²) in [6, 6.07) is 11.8. The van der Waals surface area contributed by atoms with E-state index in [0.29, 0.717) is 5.76 Å². The third-order valence-corrected chi connectivity index (χ3v) is 3.37. The predicted octanol–water partition coefficient (Wildman–Crippen LogP) is 3.73. The van der Waals surface area contributed by atoms with Gasteiger partial charge < -0.3 is 4.74 Å². The molecule has 1 aliphatic rings. The first-order valence-electron chi connectivity index (χ1n) is 5.56. The van der Waals surface area contributed by atoms with Gasteiger partial charge in [0.15, 0.2) is 0 Å². The minimum Gasteiger partial charge on any atom is -0.423 e. The second-order valence-electron chi connectivity index (χ2n) is 3.91. The highest BCUT2D eigenvalue weighted by atomic mass is 32.1. The Morgan fingerprint density at radius 3 is 2.67 bits per heavy atom. The number of hydrogen-bond donors (Lipinski definition) is 0. The minimum atomic E-state index is -0.310. The summed E-state index contributed by atoms with van der Waals surface area (Å²) in [7, 11) is 0. The molecule has 2 nitrogen and oxygen atoms in total. The summed E-state index contributed by atoms with van der Waals surface area (Å²) in [4.78, 5) is 11.4. The highest BCUT2D eigenvalue weighted by Gasteiger charge is 2.21. The molecular formula is C15H10O2S. The van der Waals surface area contributed by atoms with Crippen molar-refractivity contribution in [3.05, 3.63) is 70.1 Å². The highest BCUT2D eigenvalue weighted by molar-refractivity contribution is 7.08. The number of benzene rings is 1. The van der Waals surface area contributed by atoms with Crippen LogP contribution < -0.4 is 0 Å². The zero-order valence-corrected chi connectivity index (χ0v) is 10.3. The van der Waals surface area contributed by atoms with Gasteiger partial charge in [-0.25, -0.2) is 4.79 Å². The molecule has 0 N–H and O–H groups in total. The van der Waals surface area contributed by atoms with Gasteiger partial charge >= 0.3 is 5.97 Å². The van der Waals surface area contributed by atoms with Crippen LogP contribution >= 0.6 is 11.3 Å². The molecule has 0 spiro atoms. The van der Waals surface area contributed by atoms with Crippen molar-refractivity contribution in [3.8, 4) is 0 Å². The maximum absolute atomic E-state index is 11.4. The SMILES string of the molecule is O=C1C=C(c2ccccc2)/C(=C/c2ccsc2)O1. The van der Waals surface area contributed by atoms with Crippen molar-refractivity contribution in [2.75, 3.05) is 0 Å². The van der Waals surface area contributed by atoms with E-state index in [4.69, 9.17) is 4.74 Å². The fraction of sp³-hybridized carbons (Fsp3) is 0. The van der Waals surface area contributed by atoms with Gasteiger partial charge in [-0.2, -0.15) is 11.3 Å². The van der Waals surface area contributed by atoms with E-state index >= 15 is 0 Å². The number of rotatable bonds is 2. The zero-order valence-electron chi connectivity index (χ0n) is 9.50. The van der Waals surface area contributed by atoms with Gasteiger partial charge in [-0.1, -0.05) is 30.3 Å². The molecule has 0 bridgehead atoms. The van der Waals surface area contributed by atoms with Crippen LogP contribution in [-0.2, 0) is 9.53 Å². The Morgan fingerprint density at radius 1 is 1.11 bits per heavy atom. The van der Waals surface area contributed by atoms with E-state index in [9.17, 15) is 4.79 Å². The Bertz CT molecular complexity index is 622. The molecule has 0 atom stereocenters. The maximum atomic E-state index is 11.4. The number of cyclic esters (lactones) is 1. The minimum absolute atomic E-state index is 0.310. The Balaban J connectivity index is 2.02. The maximum Gasteiger partial charge on any atom is 0.336 e. The van der Waals surface area contributed by atoms with E-state index < -0.39 is 0 Å². The lowest BCUT2D eigenvalue weighted by Crippen LogP contribution is -1.91. The molecule has 1 aliphatic heterocycles. The molecule has 3 heteroatoms. The molecule has 0 aliphatic carbocycles. The van der Waals surface area contributed by atoms with Crippen LogP contribution in [0.2, 0.25) is 0 Å². The van der Waals surface area contributed by atoms with Crippen LogP contribution in [0.4, 0.5) is 0 Å². The van der Waals surface area contributed by atoms with Crippen LogP contribution in [0, 0.1) is 0 Å². The fourth-order valence-electron chi connectivity index (χ4n) is 1.84. The highest BCUT2D eigenvalue weighted by Crippen LogP contribution is 2.31. The summed E-state index contributed by atoms with van der Waals surface area (Å²) < 4.78 is 5.24. The average Bonchev–Trinajstić information content (AvgIpc) is 3.01. The number of allylic oxidation sites excluding steroid dienone is 1. The van der Waals surface area contributed by atoms with Crippen molar-refractivity contribution in [2.24, 2.45) is 0 Å². The molecule has 0 radical (unpaired) electrons. The van der Waals surface area contributed by atoms with Crippen molar-refractivity contribution < 1.29 is 9.53 Å². The van der Waals surface area contributed by atoms with E-state index in [1.807, 2.05) is 53.2 Å². The molecule has 2 aromatic rings. The second kappa shape index (κ2) is 4.63. The van der Waals surface area contributed by atoms with Gasteiger partial charge in [-0.05, 0) is 34.0 Å². The summed E-state index contributed by atoms with van der Waals surface area (Å²) in [5.74, 6) is 0.305. The standard InChI is InChI=1S/C15H10O2S/c16-15-9-13(12-4-2-1-3-5-12)14(17-15)8-11-6-7-18-10-11/h1-10H/b14-8-. The molecule has 0 unspecified atom stereocenters. The van der Waals surface area contributed by atoms with Gasteiger partial charge in [0.1, 0.15) is 5.76 Å². The number of thiophene rings is 1. The number of carbonyl (C=O) groups is 1. The Kier molecular flexibility index (Phi) is 2.82. The molecule has 0 fully saturated rings. The van der Waals surface area contributed by atoms with Gasteiger partial charge in [0.2, 0.25) is 0 Å². The van der Waals surface area contributed by atoms with Gasteiger partial charge in [-0.15, -0.1) is 0 Å². The van der Waals surface area contributed by atoms with E-state index in [-0.39, 0.29) is 5.97 Å². The van der Waals surface area contributed by atoms with Crippen molar-refractivity contribution in [2.45, 2.75) is 0 Å². The molecule has 0 saturated heterocycles. The van der Waals surface area contributed by atoms with E-state index in [2.05, 4.69) is 0 Å². The summed E-state index contributed by atoms with van der Waals surface area (Å²) in [5, 5.41) is 4.01. The lowest BCUT2D eigenvalue weighted by Gasteiger charge is -2.03. The van der Waals surface area contributed by atoms with Crippen molar-refractivity contribution >= 4 is 29.0 Å². The van der Waals surface area contributed by atoms with Crippen molar-refractivity contribution in [1.82, 2.24) is 0 Å². The molecule has 3 rings (SSSR count). The average molecular weight is 254 g/mol. The molecule has 0 amide bonds. The van der Waals surface area contributed by atoms with Gasteiger partial charge in [0.25, 0.3) is 0 Å². The Labute approximate surface area is 109 Å². The third-order valence-electron chi connectivity index (χ3n) is 2.66. The van der Waals surface area contributed by atoms with Crippen LogP contribution in [0.5, 0.6) is 0 Å². The largest absolute Gasteiger partial charge is 0.423 e. The molecule has 1 aromatic carbocycles. The fourth-order valence-corrected chi connectivity index (χ4v) is 2.46. The number of carbonyl (C=O) groups excluding carboxylic acids is 1. The van der Waals surface area contributed by atoms with Gasteiger partial charge in [-0.3, -0.25) is 0 Å². The first kappa shape index (κ1) is 11.0. The molecule has 88 valence electrons. The molecule has 0 saturated carbocycles. The summed E-state index contributed by atoms with van der Waals surface area (Å²) in [6.07, 6.45) is 3.42. The number of hydrogen-bond acceptors (Lipinski definition) is 3. The van der Waals surface area contributed by atoms with Crippen LogP contribution in [-0.4, -0.2) is 5.97 Å². The lowest BCUT2D eigenvalue weighted by molar-refractivity contribution is -0.132. The number of esters is 1.